The molecule has 4 aromatic rings. The van der Waals surface area contributed by atoms with Gasteiger partial charge in [0, 0.05) is 17.5 Å². The van der Waals surface area contributed by atoms with E-state index in [0.717, 1.165) is 29.5 Å². The second-order valence-electron chi connectivity index (χ2n) is 8.16. The van der Waals surface area contributed by atoms with Crippen LogP contribution in [0.3, 0.4) is 0 Å². The van der Waals surface area contributed by atoms with Crippen molar-refractivity contribution < 1.29 is 4.79 Å². The van der Waals surface area contributed by atoms with Crippen molar-refractivity contribution in [2.24, 2.45) is 0 Å². The van der Waals surface area contributed by atoms with Crippen molar-refractivity contribution in [1.82, 2.24) is 0 Å². The highest BCUT2D eigenvalue weighted by Crippen LogP contribution is 2.44. The molecule has 0 amide bonds. The second kappa shape index (κ2) is 7.00. The lowest BCUT2D eigenvalue weighted by atomic mass is 9.77. The Kier molecular flexibility index (Phi) is 4.32. The molecule has 0 aromatic heterocycles. The van der Waals surface area contributed by atoms with E-state index < -0.39 is 0 Å². The van der Waals surface area contributed by atoms with Crippen molar-refractivity contribution in [3.05, 3.63) is 95.1 Å². The third kappa shape index (κ3) is 2.98. The summed E-state index contributed by atoms with van der Waals surface area (Å²) in [5.41, 5.74) is 9.32. The van der Waals surface area contributed by atoms with Crippen molar-refractivity contribution in [3.8, 4) is 22.3 Å². The first-order chi connectivity index (χ1) is 14.1. The highest BCUT2D eigenvalue weighted by atomic mass is 16.1. The lowest BCUT2D eigenvalue weighted by Crippen LogP contribution is -2.14. The fourth-order valence-corrected chi connectivity index (χ4v) is 4.67. The molecule has 1 heteroatoms. The molecule has 1 aliphatic rings. The molecule has 0 fully saturated rings. The van der Waals surface area contributed by atoms with Crippen LogP contribution in [-0.2, 0) is 6.42 Å². The summed E-state index contributed by atoms with van der Waals surface area (Å²) in [6.45, 7) is 4.21. The number of aryl methyl sites for hydroxylation is 2. The summed E-state index contributed by atoms with van der Waals surface area (Å²) in [6, 6.07) is 25.9. The highest BCUT2D eigenvalue weighted by molar-refractivity contribution is 6.17. The molecule has 0 saturated carbocycles. The predicted molar refractivity (Wildman–Crippen MR) is 122 cm³/mol. The summed E-state index contributed by atoms with van der Waals surface area (Å²) in [5.74, 6) is 0.279. The number of hydrogen-bond acceptors (Lipinski definition) is 1. The van der Waals surface area contributed by atoms with Gasteiger partial charge in [-0.3, -0.25) is 4.79 Å². The Hall–Kier alpha value is -3.19. The van der Waals surface area contributed by atoms with Gasteiger partial charge in [-0.05, 0) is 59.7 Å². The Morgan fingerprint density at radius 2 is 1.10 bits per heavy atom. The Morgan fingerprint density at radius 1 is 0.586 bits per heavy atom. The van der Waals surface area contributed by atoms with Gasteiger partial charge in [0.1, 0.15) is 0 Å². The molecule has 0 heterocycles. The Morgan fingerprint density at radius 3 is 1.69 bits per heavy atom. The van der Waals surface area contributed by atoms with Crippen molar-refractivity contribution in [3.63, 3.8) is 0 Å². The molecular weight excluding hydrogens is 352 g/mol. The molecule has 5 rings (SSSR count). The van der Waals surface area contributed by atoms with Gasteiger partial charge in [-0.25, -0.2) is 0 Å². The third-order valence-corrected chi connectivity index (χ3v) is 6.11. The molecule has 0 atom stereocenters. The molecule has 0 unspecified atom stereocenters. The largest absolute Gasteiger partial charge is 0.294 e. The topological polar surface area (TPSA) is 17.1 Å². The van der Waals surface area contributed by atoms with E-state index in [1.54, 1.807) is 0 Å². The van der Waals surface area contributed by atoms with Crippen LogP contribution in [0.15, 0.2) is 72.8 Å². The SMILES string of the molecule is Cc1ccc(-c2c3c(c(-c4ccc(C)cc4)c4ccccc24)C(=O)CCC3)cc1. The fourth-order valence-electron chi connectivity index (χ4n) is 4.67. The lowest BCUT2D eigenvalue weighted by Gasteiger charge is -2.25. The van der Waals surface area contributed by atoms with Crippen molar-refractivity contribution in [2.45, 2.75) is 33.1 Å². The minimum Gasteiger partial charge on any atom is -0.294 e. The highest BCUT2D eigenvalue weighted by Gasteiger charge is 2.27. The first-order valence-corrected chi connectivity index (χ1v) is 10.4. The summed E-state index contributed by atoms with van der Waals surface area (Å²) in [6.07, 6.45) is 2.52. The van der Waals surface area contributed by atoms with Crippen molar-refractivity contribution >= 4 is 16.6 Å². The van der Waals surface area contributed by atoms with Gasteiger partial charge in [-0.2, -0.15) is 0 Å². The summed E-state index contributed by atoms with van der Waals surface area (Å²) in [4.78, 5) is 13.2. The fraction of sp³-hybridized carbons (Fsp3) is 0.179. The van der Waals surface area contributed by atoms with Crippen LogP contribution in [0.4, 0.5) is 0 Å². The Labute approximate surface area is 172 Å². The van der Waals surface area contributed by atoms with Crippen LogP contribution in [-0.4, -0.2) is 5.78 Å². The molecule has 0 N–H and O–H groups in total. The van der Waals surface area contributed by atoms with Gasteiger partial charge in [-0.1, -0.05) is 83.9 Å². The number of rotatable bonds is 2. The van der Waals surface area contributed by atoms with E-state index in [1.165, 1.54) is 38.6 Å². The molecule has 29 heavy (non-hydrogen) atoms. The summed E-state index contributed by atoms with van der Waals surface area (Å²) >= 11 is 0. The molecule has 0 saturated heterocycles. The molecule has 142 valence electrons. The first kappa shape index (κ1) is 17.9. The van der Waals surface area contributed by atoms with E-state index in [0.29, 0.717) is 6.42 Å². The molecule has 1 aliphatic carbocycles. The van der Waals surface area contributed by atoms with E-state index in [2.05, 4.69) is 86.6 Å². The van der Waals surface area contributed by atoms with E-state index >= 15 is 0 Å². The molecule has 0 aliphatic heterocycles. The number of carbonyl (C=O) groups excluding carboxylic acids is 1. The summed E-state index contributed by atoms with van der Waals surface area (Å²) in [5, 5.41) is 2.40. The van der Waals surface area contributed by atoms with Crippen molar-refractivity contribution in [1.29, 1.82) is 0 Å². The van der Waals surface area contributed by atoms with Gasteiger partial charge in [0.15, 0.2) is 5.78 Å². The molecule has 1 nitrogen and oxygen atoms in total. The average molecular weight is 376 g/mol. The maximum atomic E-state index is 13.2. The predicted octanol–water partition coefficient (Wildman–Crippen LogP) is 7.31. The Bertz CT molecular complexity index is 1230. The molecule has 0 radical (unpaired) electrons. The standard InChI is InChI=1S/C28H24O/c1-18-10-14-20(15-11-18)26-22-6-3-4-7-23(22)27(21-16-12-19(2)13-17-21)28-24(26)8-5-9-25(28)29/h3-4,6-7,10-17H,5,8-9H2,1-2H3. The number of ketones is 1. The van der Waals surface area contributed by atoms with Crippen molar-refractivity contribution in [2.75, 3.05) is 0 Å². The molecule has 0 bridgehead atoms. The zero-order valence-electron chi connectivity index (χ0n) is 17.0. The van der Waals surface area contributed by atoms with Crippen LogP contribution in [0.25, 0.3) is 33.0 Å². The second-order valence-corrected chi connectivity index (χ2v) is 8.16. The molecule has 4 aromatic carbocycles. The first-order valence-electron chi connectivity index (χ1n) is 10.4. The quantitative estimate of drug-likeness (QED) is 0.358. The minimum absolute atomic E-state index is 0.279. The van der Waals surface area contributed by atoms with Crippen LogP contribution in [0.2, 0.25) is 0 Å². The van der Waals surface area contributed by atoms with Gasteiger partial charge in [0.05, 0.1) is 0 Å². The van der Waals surface area contributed by atoms with Crippen LogP contribution in [0, 0.1) is 13.8 Å². The van der Waals surface area contributed by atoms with Gasteiger partial charge < -0.3 is 0 Å². The van der Waals surface area contributed by atoms with Crippen LogP contribution >= 0.6 is 0 Å². The minimum atomic E-state index is 0.279. The smallest absolute Gasteiger partial charge is 0.163 e. The van der Waals surface area contributed by atoms with Crippen LogP contribution in [0.5, 0.6) is 0 Å². The molecule has 0 spiro atoms. The van der Waals surface area contributed by atoms with E-state index in [1.807, 2.05) is 0 Å². The summed E-state index contributed by atoms with van der Waals surface area (Å²) < 4.78 is 0. The number of fused-ring (bicyclic) bond motifs is 2. The van der Waals surface area contributed by atoms with Gasteiger partial charge in [-0.15, -0.1) is 0 Å². The lowest BCUT2D eigenvalue weighted by molar-refractivity contribution is 0.0973. The maximum absolute atomic E-state index is 13.2. The van der Waals surface area contributed by atoms with E-state index in [4.69, 9.17) is 0 Å². The van der Waals surface area contributed by atoms with E-state index in [9.17, 15) is 4.79 Å². The van der Waals surface area contributed by atoms with Gasteiger partial charge >= 0.3 is 0 Å². The number of hydrogen-bond donors (Lipinski definition) is 0. The van der Waals surface area contributed by atoms with Crippen LogP contribution in [0.1, 0.15) is 39.9 Å². The monoisotopic (exact) mass is 376 g/mol. The Balaban J connectivity index is 1.93. The van der Waals surface area contributed by atoms with E-state index in [-0.39, 0.29) is 5.78 Å². The average Bonchev–Trinajstić information content (AvgIpc) is 2.74. The van der Waals surface area contributed by atoms with Gasteiger partial charge in [0.25, 0.3) is 0 Å². The molecular formula is C28H24O. The van der Waals surface area contributed by atoms with Gasteiger partial charge in [0.2, 0.25) is 0 Å². The summed E-state index contributed by atoms with van der Waals surface area (Å²) in [7, 11) is 0. The number of Topliss-reactive ketones (excluding diaryl/α,β-unsaturated/α-hetero) is 1. The van der Waals surface area contributed by atoms with Crippen LogP contribution < -0.4 is 0 Å². The zero-order valence-corrected chi connectivity index (χ0v) is 17.0. The maximum Gasteiger partial charge on any atom is 0.163 e. The zero-order chi connectivity index (χ0) is 20.0. The number of carbonyl (C=O) groups is 1. The normalized spacial score (nSPS) is 13.5. The number of benzene rings is 4. The third-order valence-electron chi connectivity index (χ3n) is 6.11.